The number of fused-ring (bicyclic) bond motifs is 3. The Labute approximate surface area is 135 Å². The van der Waals surface area contributed by atoms with Crippen LogP contribution in [0.1, 0.15) is 30.4 Å². The van der Waals surface area contributed by atoms with Crippen molar-refractivity contribution >= 4 is 12.4 Å². The third-order valence-electron chi connectivity index (χ3n) is 4.16. The molecule has 1 atom stereocenters. The van der Waals surface area contributed by atoms with Crippen LogP contribution in [0.4, 0.5) is 4.79 Å². The van der Waals surface area contributed by atoms with Gasteiger partial charge < -0.3 is 14.8 Å². The second kappa shape index (κ2) is 6.65. The Morgan fingerprint density at radius 2 is 1.70 bits per heavy atom. The van der Waals surface area contributed by atoms with E-state index in [2.05, 4.69) is 29.6 Å². The van der Waals surface area contributed by atoms with Crippen LogP contribution in [0, 0.1) is 0 Å². The molecule has 2 aromatic carbocycles. The molecule has 0 unspecified atom stereocenters. The SMILES string of the molecule is C[C@@H](CC=O)NC(=O)OCC1c2ccccc2-c2ccccc21. The van der Waals surface area contributed by atoms with E-state index < -0.39 is 6.09 Å². The summed E-state index contributed by atoms with van der Waals surface area (Å²) in [6.07, 6.45) is 0.583. The molecular weight excluding hydrogens is 290 g/mol. The van der Waals surface area contributed by atoms with E-state index in [1.54, 1.807) is 6.92 Å². The average molecular weight is 309 g/mol. The highest BCUT2D eigenvalue weighted by Crippen LogP contribution is 2.44. The molecular formula is C19H19NO3. The minimum atomic E-state index is -0.485. The number of rotatable bonds is 5. The van der Waals surface area contributed by atoms with Crippen LogP contribution in [0.2, 0.25) is 0 Å². The fraction of sp³-hybridized carbons (Fsp3) is 0.263. The van der Waals surface area contributed by atoms with Crippen LogP contribution < -0.4 is 5.32 Å². The zero-order valence-corrected chi connectivity index (χ0v) is 13.0. The van der Waals surface area contributed by atoms with E-state index in [4.69, 9.17) is 4.74 Å². The lowest BCUT2D eigenvalue weighted by Crippen LogP contribution is -2.34. The Morgan fingerprint density at radius 1 is 1.13 bits per heavy atom. The number of carbonyl (C=O) groups is 2. The highest BCUT2D eigenvalue weighted by atomic mass is 16.5. The molecule has 1 aliphatic rings. The molecule has 0 aromatic heterocycles. The molecule has 23 heavy (non-hydrogen) atoms. The Hall–Kier alpha value is -2.62. The van der Waals surface area contributed by atoms with Crippen LogP contribution in [0.25, 0.3) is 11.1 Å². The molecule has 0 spiro atoms. The molecule has 118 valence electrons. The molecule has 4 nitrogen and oxygen atoms in total. The fourth-order valence-corrected chi connectivity index (χ4v) is 3.04. The van der Waals surface area contributed by atoms with E-state index in [9.17, 15) is 9.59 Å². The second-order valence-corrected chi connectivity index (χ2v) is 5.77. The minimum Gasteiger partial charge on any atom is -0.449 e. The molecule has 0 heterocycles. The van der Waals surface area contributed by atoms with E-state index in [0.717, 1.165) is 6.29 Å². The Balaban J connectivity index is 1.73. The van der Waals surface area contributed by atoms with Crippen molar-refractivity contribution in [3.05, 3.63) is 59.7 Å². The number of ether oxygens (including phenoxy) is 1. The summed E-state index contributed by atoms with van der Waals surface area (Å²) in [7, 11) is 0. The van der Waals surface area contributed by atoms with Crippen LogP contribution in [-0.2, 0) is 9.53 Å². The van der Waals surface area contributed by atoms with Crippen molar-refractivity contribution in [3.8, 4) is 11.1 Å². The Kier molecular flexibility index (Phi) is 4.42. The number of carbonyl (C=O) groups excluding carboxylic acids is 2. The van der Waals surface area contributed by atoms with Gasteiger partial charge in [-0.3, -0.25) is 0 Å². The van der Waals surface area contributed by atoms with Crippen molar-refractivity contribution in [3.63, 3.8) is 0 Å². The minimum absolute atomic E-state index is 0.0505. The molecule has 0 radical (unpaired) electrons. The summed E-state index contributed by atoms with van der Waals surface area (Å²) in [6, 6.07) is 16.2. The summed E-state index contributed by atoms with van der Waals surface area (Å²) in [5, 5.41) is 2.66. The predicted octanol–water partition coefficient (Wildman–Crippen LogP) is 3.50. The number of amides is 1. The third kappa shape index (κ3) is 3.11. The first-order chi connectivity index (χ1) is 11.2. The van der Waals surface area contributed by atoms with Crippen molar-refractivity contribution in [2.24, 2.45) is 0 Å². The molecule has 0 saturated heterocycles. The average Bonchev–Trinajstić information content (AvgIpc) is 2.87. The lowest BCUT2D eigenvalue weighted by Gasteiger charge is -2.16. The molecule has 0 bridgehead atoms. The molecule has 2 aromatic rings. The van der Waals surface area contributed by atoms with Gasteiger partial charge >= 0.3 is 6.09 Å². The first-order valence-corrected chi connectivity index (χ1v) is 7.76. The molecule has 1 aliphatic carbocycles. The number of benzene rings is 2. The molecule has 1 amide bonds. The molecule has 1 N–H and O–H groups in total. The highest BCUT2D eigenvalue weighted by Gasteiger charge is 2.29. The molecule has 0 fully saturated rings. The second-order valence-electron chi connectivity index (χ2n) is 5.77. The number of aldehydes is 1. The monoisotopic (exact) mass is 309 g/mol. The number of hydrogen-bond donors (Lipinski definition) is 1. The van der Waals surface area contributed by atoms with E-state index in [1.807, 2.05) is 24.3 Å². The molecule has 0 aliphatic heterocycles. The standard InChI is InChI=1S/C19H19NO3/c1-13(10-11-21)20-19(22)23-12-18-16-8-4-2-6-14(16)15-7-3-5-9-17(15)18/h2-9,11,13,18H,10,12H2,1H3,(H,20,22)/t13-/m0/s1. The summed E-state index contributed by atoms with van der Waals surface area (Å²) < 4.78 is 5.39. The zero-order valence-electron chi connectivity index (χ0n) is 13.0. The zero-order chi connectivity index (χ0) is 16.2. The largest absolute Gasteiger partial charge is 0.449 e. The van der Waals surface area contributed by atoms with Crippen molar-refractivity contribution in [2.75, 3.05) is 6.61 Å². The summed E-state index contributed by atoms with van der Waals surface area (Å²) in [5.74, 6) is 0.0505. The third-order valence-corrected chi connectivity index (χ3v) is 4.16. The number of alkyl carbamates (subject to hydrolysis) is 1. The van der Waals surface area contributed by atoms with Crippen LogP contribution in [-0.4, -0.2) is 25.0 Å². The molecule has 4 heteroatoms. The smallest absolute Gasteiger partial charge is 0.407 e. The Bertz CT molecular complexity index is 681. The van der Waals surface area contributed by atoms with Crippen molar-refractivity contribution in [2.45, 2.75) is 25.3 Å². The van der Waals surface area contributed by atoms with Gasteiger partial charge in [0.2, 0.25) is 0 Å². The maximum atomic E-state index is 11.9. The van der Waals surface area contributed by atoms with Gasteiger partial charge in [-0.2, -0.15) is 0 Å². The maximum Gasteiger partial charge on any atom is 0.407 e. The lowest BCUT2D eigenvalue weighted by atomic mass is 9.98. The predicted molar refractivity (Wildman–Crippen MR) is 88.3 cm³/mol. The van der Waals surface area contributed by atoms with Gasteiger partial charge in [0.15, 0.2) is 0 Å². The summed E-state index contributed by atoms with van der Waals surface area (Å²) in [6.45, 7) is 2.06. The van der Waals surface area contributed by atoms with Gasteiger partial charge in [-0.1, -0.05) is 48.5 Å². The van der Waals surface area contributed by atoms with E-state index >= 15 is 0 Å². The quantitative estimate of drug-likeness (QED) is 0.860. The van der Waals surface area contributed by atoms with Crippen molar-refractivity contribution in [1.82, 2.24) is 5.32 Å². The van der Waals surface area contributed by atoms with Crippen LogP contribution in [0.15, 0.2) is 48.5 Å². The highest BCUT2D eigenvalue weighted by molar-refractivity contribution is 5.79. The van der Waals surface area contributed by atoms with Crippen molar-refractivity contribution in [1.29, 1.82) is 0 Å². The first-order valence-electron chi connectivity index (χ1n) is 7.76. The number of nitrogens with one attached hydrogen (secondary N) is 1. The van der Waals surface area contributed by atoms with Crippen LogP contribution >= 0.6 is 0 Å². The molecule has 3 rings (SSSR count). The van der Waals surface area contributed by atoms with Crippen LogP contribution in [0.5, 0.6) is 0 Å². The lowest BCUT2D eigenvalue weighted by molar-refractivity contribution is -0.108. The van der Waals surface area contributed by atoms with Gasteiger partial charge in [0.25, 0.3) is 0 Å². The van der Waals surface area contributed by atoms with Gasteiger partial charge in [0.05, 0.1) is 0 Å². The first kappa shape index (κ1) is 15.3. The van der Waals surface area contributed by atoms with E-state index in [0.29, 0.717) is 0 Å². The Morgan fingerprint density at radius 3 is 2.26 bits per heavy atom. The van der Waals surface area contributed by atoms with Crippen LogP contribution in [0.3, 0.4) is 0 Å². The molecule has 0 saturated carbocycles. The normalized spacial score (nSPS) is 13.8. The summed E-state index contributed by atoms with van der Waals surface area (Å²) >= 11 is 0. The van der Waals surface area contributed by atoms with E-state index in [1.165, 1.54) is 22.3 Å². The summed E-state index contributed by atoms with van der Waals surface area (Å²) in [4.78, 5) is 22.3. The maximum absolute atomic E-state index is 11.9. The summed E-state index contributed by atoms with van der Waals surface area (Å²) in [5.41, 5.74) is 4.77. The van der Waals surface area contributed by atoms with Crippen molar-refractivity contribution < 1.29 is 14.3 Å². The number of hydrogen-bond acceptors (Lipinski definition) is 3. The van der Waals surface area contributed by atoms with Gasteiger partial charge in [-0.15, -0.1) is 0 Å². The van der Waals surface area contributed by atoms with Gasteiger partial charge in [0.1, 0.15) is 12.9 Å². The van der Waals surface area contributed by atoms with Gasteiger partial charge in [-0.25, -0.2) is 4.79 Å². The topological polar surface area (TPSA) is 55.4 Å². The van der Waals surface area contributed by atoms with Gasteiger partial charge in [-0.05, 0) is 29.2 Å². The fourth-order valence-electron chi connectivity index (χ4n) is 3.04. The van der Waals surface area contributed by atoms with E-state index in [-0.39, 0.29) is 25.0 Å². The van der Waals surface area contributed by atoms with Gasteiger partial charge in [0, 0.05) is 18.4 Å².